The van der Waals surface area contributed by atoms with Gasteiger partial charge in [0, 0.05) is 5.56 Å². The summed E-state index contributed by atoms with van der Waals surface area (Å²) in [7, 11) is 0. The summed E-state index contributed by atoms with van der Waals surface area (Å²) in [5.74, 6) is -1.22. The molecule has 2 aromatic carbocycles. The highest BCUT2D eigenvalue weighted by molar-refractivity contribution is 5.94. The Kier molecular flexibility index (Phi) is 3.93. The normalized spacial score (nSPS) is 9.89. The van der Waals surface area contributed by atoms with Gasteiger partial charge in [-0.05, 0) is 29.8 Å². The third-order valence-electron chi connectivity index (χ3n) is 2.60. The number of benzene rings is 2. The minimum absolute atomic E-state index is 0.207. The molecule has 0 saturated heterocycles. The first-order chi connectivity index (χ1) is 9.16. The molecule has 0 bridgehead atoms. The molecule has 0 aromatic heterocycles. The fraction of sp³-hybridized carbons (Fsp3) is 0.0667. The Morgan fingerprint density at radius 1 is 0.895 bits per heavy atom. The van der Waals surface area contributed by atoms with E-state index in [1.54, 1.807) is 0 Å². The molecule has 2 aromatic rings. The minimum Gasteiger partial charge on any atom is -0.457 e. The second-order valence-corrected chi connectivity index (χ2v) is 3.97. The summed E-state index contributed by atoms with van der Waals surface area (Å²) in [6.07, 6.45) is 0. The Hall–Kier alpha value is -2.62. The van der Waals surface area contributed by atoms with E-state index in [0.29, 0.717) is 5.56 Å². The van der Waals surface area contributed by atoms with Gasteiger partial charge in [0.15, 0.2) is 0 Å². The predicted octanol–water partition coefficient (Wildman–Crippen LogP) is 2.47. The molecule has 4 nitrogen and oxygen atoms in total. The van der Waals surface area contributed by atoms with Crippen LogP contribution in [0.3, 0.4) is 0 Å². The van der Waals surface area contributed by atoms with Crippen LogP contribution in [0.25, 0.3) is 0 Å². The van der Waals surface area contributed by atoms with Gasteiger partial charge < -0.3 is 4.74 Å². The molecule has 1 radical (unpaired) electrons. The molecule has 0 aliphatic rings. The van der Waals surface area contributed by atoms with Crippen molar-refractivity contribution in [2.24, 2.45) is 0 Å². The van der Waals surface area contributed by atoms with Gasteiger partial charge in [0.05, 0.1) is 5.56 Å². The summed E-state index contributed by atoms with van der Waals surface area (Å²) in [4.78, 5) is 22.5. The summed E-state index contributed by atoms with van der Waals surface area (Å²) in [6.45, 7) is 0.207. The van der Waals surface area contributed by atoms with Gasteiger partial charge in [-0.2, -0.15) is 0 Å². The highest BCUT2D eigenvalue weighted by Crippen LogP contribution is 2.08. The van der Waals surface area contributed by atoms with Crippen LogP contribution in [0.15, 0.2) is 54.6 Å². The quantitative estimate of drug-likeness (QED) is 0.787. The van der Waals surface area contributed by atoms with Crippen molar-refractivity contribution in [3.63, 3.8) is 0 Å². The first-order valence-electron chi connectivity index (χ1n) is 5.74. The third-order valence-corrected chi connectivity index (χ3v) is 2.60. The van der Waals surface area contributed by atoms with E-state index in [2.05, 4.69) is 0 Å². The van der Waals surface area contributed by atoms with Crippen LogP contribution >= 0.6 is 0 Å². The van der Waals surface area contributed by atoms with Crippen molar-refractivity contribution < 1.29 is 14.3 Å². The topological polar surface area (TPSA) is 67.2 Å². The zero-order valence-electron chi connectivity index (χ0n) is 10.1. The smallest absolute Gasteiger partial charge is 0.338 e. The fourth-order valence-electron chi connectivity index (χ4n) is 1.56. The van der Waals surface area contributed by atoms with Crippen LogP contribution < -0.4 is 5.73 Å². The minimum atomic E-state index is -0.774. The number of nitrogens with one attached hydrogen (secondary N) is 1. The Bertz CT molecular complexity index is 576. The van der Waals surface area contributed by atoms with Crippen molar-refractivity contribution in [3.8, 4) is 0 Å². The van der Waals surface area contributed by atoms with Crippen LogP contribution in [-0.2, 0) is 11.3 Å². The van der Waals surface area contributed by atoms with E-state index in [1.807, 2.05) is 30.3 Å². The molecule has 0 spiro atoms. The Labute approximate surface area is 110 Å². The molecule has 0 aliphatic carbocycles. The van der Waals surface area contributed by atoms with Gasteiger partial charge in [-0.3, -0.25) is 10.5 Å². The van der Waals surface area contributed by atoms with Crippen molar-refractivity contribution in [1.82, 2.24) is 5.73 Å². The average molecular weight is 254 g/mol. The number of hydrogen-bond donors (Lipinski definition) is 0. The molecule has 0 fully saturated rings. The van der Waals surface area contributed by atoms with Crippen molar-refractivity contribution >= 4 is 11.9 Å². The summed E-state index contributed by atoms with van der Waals surface area (Å²) in [6, 6.07) is 15.2. The zero-order valence-corrected chi connectivity index (χ0v) is 10.1. The highest BCUT2D eigenvalue weighted by Gasteiger charge is 2.08. The Morgan fingerprint density at radius 3 is 2.05 bits per heavy atom. The number of hydrogen-bond acceptors (Lipinski definition) is 3. The molecule has 2 rings (SSSR count). The fourth-order valence-corrected chi connectivity index (χ4v) is 1.56. The largest absolute Gasteiger partial charge is 0.457 e. The van der Waals surface area contributed by atoms with Crippen molar-refractivity contribution in [1.29, 1.82) is 0 Å². The van der Waals surface area contributed by atoms with E-state index in [9.17, 15) is 9.59 Å². The van der Waals surface area contributed by atoms with Crippen molar-refractivity contribution in [2.45, 2.75) is 6.61 Å². The van der Waals surface area contributed by atoms with E-state index < -0.39 is 11.9 Å². The second-order valence-electron chi connectivity index (χ2n) is 3.97. The first-order valence-corrected chi connectivity index (χ1v) is 5.74. The number of ether oxygens (including phenoxy) is 1. The summed E-state index contributed by atoms with van der Waals surface area (Å²) >= 11 is 0. The van der Waals surface area contributed by atoms with Crippen LogP contribution in [0.5, 0.6) is 0 Å². The molecule has 1 N–H and O–H groups in total. The van der Waals surface area contributed by atoms with Gasteiger partial charge in [-0.1, -0.05) is 30.3 Å². The van der Waals surface area contributed by atoms with E-state index >= 15 is 0 Å². The van der Waals surface area contributed by atoms with Crippen LogP contribution in [0, 0.1) is 0 Å². The van der Waals surface area contributed by atoms with E-state index in [-0.39, 0.29) is 12.2 Å². The highest BCUT2D eigenvalue weighted by atomic mass is 16.5. The summed E-state index contributed by atoms with van der Waals surface area (Å²) < 4.78 is 5.14. The number of rotatable bonds is 4. The molecule has 19 heavy (non-hydrogen) atoms. The average Bonchev–Trinajstić information content (AvgIpc) is 2.46. The molecule has 4 heteroatoms. The molecule has 0 heterocycles. The summed E-state index contributed by atoms with van der Waals surface area (Å²) in [5.41, 5.74) is 8.46. The molecule has 0 aliphatic heterocycles. The predicted molar refractivity (Wildman–Crippen MR) is 69.4 cm³/mol. The number of esters is 1. The van der Waals surface area contributed by atoms with Crippen molar-refractivity contribution in [3.05, 3.63) is 71.3 Å². The van der Waals surface area contributed by atoms with E-state index in [1.165, 1.54) is 24.3 Å². The summed E-state index contributed by atoms with van der Waals surface area (Å²) in [5, 5.41) is 0. The number of carbonyl (C=O) groups excluding carboxylic acids is 2. The van der Waals surface area contributed by atoms with Gasteiger partial charge in [-0.15, -0.1) is 0 Å². The molecule has 95 valence electrons. The third kappa shape index (κ3) is 3.42. The van der Waals surface area contributed by atoms with Crippen LogP contribution in [0.2, 0.25) is 0 Å². The van der Waals surface area contributed by atoms with Gasteiger partial charge in [-0.25, -0.2) is 4.79 Å². The van der Waals surface area contributed by atoms with E-state index in [0.717, 1.165) is 5.56 Å². The maximum atomic E-state index is 11.7. The van der Waals surface area contributed by atoms with Gasteiger partial charge in [0.25, 0.3) is 5.91 Å². The zero-order chi connectivity index (χ0) is 13.7. The molecular formula is C15H12NO3. The Morgan fingerprint density at radius 2 is 1.47 bits per heavy atom. The SMILES string of the molecule is [NH]C(=O)c1ccc(C(=O)OCc2ccccc2)cc1. The molecule has 0 saturated carbocycles. The van der Waals surface area contributed by atoms with Crippen LogP contribution in [-0.4, -0.2) is 11.9 Å². The standard InChI is InChI=1S/C15H12NO3/c16-14(17)12-6-8-13(9-7-12)15(18)19-10-11-4-2-1-3-5-11/h1-9,16H,10H2. The van der Waals surface area contributed by atoms with Crippen LogP contribution in [0.4, 0.5) is 0 Å². The lowest BCUT2D eigenvalue weighted by atomic mass is 10.1. The van der Waals surface area contributed by atoms with Gasteiger partial charge >= 0.3 is 5.97 Å². The lowest BCUT2D eigenvalue weighted by Gasteiger charge is -2.05. The monoisotopic (exact) mass is 254 g/mol. The van der Waals surface area contributed by atoms with E-state index in [4.69, 9.17) is 10.5 Å². The lowest BCUT2D eigenvalue weighted by Crippen LogP contribution is -2.06. The molecular weight excluding hydrogens is 242 g/mol. The molecule has 0 atom stereocenters. The Balaban J connectivity index is 1.98. The maximum Gasteiger partial charge on any atom is 0.338 e. The number of amides is 1. The molecule has 0 unspecified atom stereocenters. The maximum absolute atomic E-state index is 11.7. The second kappa shape index (κ2) is 5.82. The van der Waals surface area contributed by atoms with Gasteiger partial charge in [0.2, 0.25) is 0 Å². The first kappa shape index (κ1) is 12.8. The van der Waals surface area contributed by atoms with Crippen LogP contribution in [0.1, 0.15) is 26.3 Å². The van der Waals surface area contributed by atoms with Crippen molar-refractivity contribution in [2.75, 3.05) is 0 Å². The number of carbonyl (C=O) groups is 2. The molecule has 1 amide bonds. The lowest BCUT2D eigenvalue weighted by molar-refractivity contribution is 0.0472. The van der Waals surface area contributed by atoms with Gasteiger partial charge in [0.1, 0.15) is 6.61 Å².